The Balaban J connectivity index is 1.52. The Kier molecular flexibility index (Phi) is 6.22. The lowest BCUT2D eigenvalue weighted by Crippen LogP contribution is -2.20. The molecule has 0 aromatic heterocycles. The molecule has 4 rings (SSSR count). The lowest BCUT2D eigenvalue weighted by Gasteiger charge is -2.25. The normalized spacial score (nSPS) is 19.5. The van der Waals surface area contributed by atoms with E-state index in [0.29, 0.717) is 5.92 Å². The molecule has 160 valence electrons. The molecule has 3 N–H and O–H groups in total. The van der Waals surface area contributed by atoms with Gasteiger partial charge in [0.1, 0.15) is 0 Å². The largest absolute Gasteiger partial charge is 0.398 e. The summed E-state index contributed by atoms with van der Waals surface area (Å²) in [5.41, 5.74) is 18.4. The molecule has 0 saturated heterocycles. The second kappa shape index (κ2) is 8.88. The van der Waals surface area contributed by atoms with Crippen molar-refractivity contribution in [3.05, 3.63) is 70.5 Å². The Labute approximate surface area is 183 Å². The highest BCUT2D eigenvalue weighted by Crippen LogP contribution is 2.44. The third-order valence-electron chi connectivity index (χ3n) is 7.50. The summed E-state index contributed by atoms with van der Waals surface area (Å²) >= 11 is 0. The van der Waals surface area contributed by atoms with Crippen molar-refractivity contribution in [2.45, 2.75) is 71.6 Å². The van der Waals surface area contributed by atoms with E-state index in [1.807, 2.05) is 0 Å². The molecule has 0 amide bonds. The van der Waals surface area contributed by atoms with Gasteiger partial charge in [-0.05, 0) is 89.8 Å². The quantitative estimate of drug-likeness (QED) is 0.519. The first kappa shape index (κ1) is 21.0. The van der Waals surface area contributed by atoms with Crippen LogP contribution in [0.25, 0.3) is 11.3 Å². The fraction of sp³-hybridized carbons (Fsp3) is 0.500. The molecule has 1 unspecified atom stereocenters. The summed E-state index contributed by atoms with van der Waals surface area (Å²) in [7, 11) is 0. The van der Waals surface area contributed by atoms with Gasteiger partial charge in [-0.2, -0.15) is 0 Å². The van der Waals surface area contributed by atoms with Crippen molar-refractivity contribution >= 4 is 11.3 Å². The van der Waals surface area contributed by atoms with Crippen LogP contribution in [-0.2, 0) is 12.8 Å². The highest BCUT2D eigenvalue weighted by atomic mass is 14.9. The van der Waals surface area contributed by atoms with E-state index in [1.165, 1.54) is 65.5 Å². The van der Waals surface area contributed by atoms with Crippen LogP contribution in [0.4, 0.5) is 0 Å². The Morgan fingerprint density at radius 3 is 2.70 bits per heavy atom. The van der Waals surface area contributed by atoms with Crippen LogP contribution in [0.1, 0.15) is 81.0 Å². The van der Waals surface area contributed by atoms with E-state index in [2.05, 4.69) is 50.5 Å². The highest BCUT2D eigenvalue weighted by Gasteiger charge is 2.28. The Morgan fingerprint density at radius 2 is 1.97 bits per heavy atom. The number of nitrogens with two attached hydrogens (primary N) is 1. The lowest BCUT2D eigenvalue weighted by molar-refractivity contribution is 0.524. The minimum atomic E-state index is 0.673. The number of hydrogen-bond acceptors (Lipinski definition) is 2. The molecular weight excluding hydrogens is 364 g/mol. The maximum absolute atomic E-state index is 6.75. The van der Waals surface area contributed by atoms with Crippen LogP contribution in [0.15, 0.2) is 48.2 Å². The van der Waals surface area contributed by atoms with Gasteiger partial charge >= 0.3 is 0 Å². The predicted octanol–water partition coefficient (Wildman–Crippen LogP) is 6.53. The van der Waals surface area contributed by atoms with Gasteiger partial charge in [-0.1, -0.05) is 58.4 Å². The number of allylic oxidation sites excluding steroid dienone is 5. The molecule has 1 saturated carbocycles. The van der Waals surface area contributed by atoms with E-state index in [0.717, 1.165) is 49.5 Å². The summed E-state index contributed by atoms with van der Waals surface area (Å²) in [6.45, 7) is 14.1. The summed E-state index contributed by atoms with van der Waals surface area (Å²) in [5, 5.41) is 3.50. The van der Waals surface area contributed by atoms with Gasteiger partial charge in [0.2, 0.25) is 0 Å². The van der Waals surface area contributed by atoms with Gasteiger partial charge in [-0.3, -0.25) is 0 Å². The molecule has 2 heteroatoms. The average Bonchev–Trinajstić information content (AvgIpc) is 3.39. The SMILES string of the molecule is C=C(CCC1=C(N)c2cc3c(cc2CC1=C)CC=C3C1CCCC1)NCC(C)CC. The summed E-state index contributed by atoms with van der Waals surface area (Å²) in [6.07, 6.45) is 13.0. The van der Waals surface area contributed by atoms with E-state index < -0.39 is 0 Å². The van der Waals surface area contributed by atoms with Gasteiger partial charge in [0.15, 0.2) is 0 Å². The van der Waals surface area contributed by atoms with Gasteiger partial charge < -0.3 is 11.1 Å². The topological polar surface area (TPSA) is 38.0 Å². The first-order valence-electron chi connectivity index (χ1n) is 11.9. The molecule has 1 aromatic carbocycles. The van der Waals surface area contributed by atoms with Crippen molar-refractivity contribution in [2.75, 3.05) is 6.54 Å². The van der Waals surface area contributed by atoms with Crippen LogP contribution in [0.3, 0.4) is 0 Å². The number of nitrogens with one attached hydrogen (secondary N) is 1. The van der Waals surface area contributed by atoms with E-state index in [1.54, 1.807) is 5.57 Å². The zero-order valence-electron chi connectivity index (χ0n) is 18.9. The minimum absolute atomic E-state index is 0.673. The zero-order chi connectivity index (χ0) is 21.3. The Hall–Kier alpha value is -2.22. The monoisotopic (exact) mass is 402 g/mol. The molecule has 1 fully saturated rings. The van der Waals surface area contributed by atoms with Crippen LogP contribution in [-0.4, -0.2) is 6.54 Å². The Morgan fingerprint density at radius 1 is 1.20 bits per heavy atom. The zero-order valence-corrected chi connectivity index (χ0v) is 18.9. The summed E-state index contributed by atoms with van der Waals surface area (Å²) in [5.74, 6) is 1.43. The maximum Gasteiger partial charge on any atom is 0.0426 e. The molecule has 1 aromatic rings. The lowest BCUT2D eigenvalue weighted by atomic mass is 9.81. The van der Waals surface area contributed by atoms with Crippen molar-refractivity contribution in [2.24, 2.45) is 17.6 Å². The smallest absolute Gasteiger partial charge is 0.0426 e. The van der Waals surface area contributed by atoms with Crippen LogP contribution in [0.2, 0.25) is 0 Å². The molecule has 30 heavy (non-hydrogen) atoms. The third kappa shape index (κ3) is 4.15. The van der Waals surface area contributed by atoms with Gasteiger partial charge in [0.25, 0.3) is 0 Å². The molecular formula is C28H38N2. The average molecular weight is 403 g/mol. The summed E-state index contributed by atoms with van der Waals surface area (Å²) < 4.78 is 0. The Bertz CT molecular complexity index is 909. The number of rotatable bonds is 8. The van der Waals surface area contributed by atoms with Crippen LogP contribution < -0.4 is 11.1 Å². The second-order valence-corrected chi connectivity index (χ2v) is 9.68. The molecule has 0 spiro atoms. The van der Waals surface area contributed by atoms with Crippen molar-refractivity contribution in [1.82, 2.24) is 5.32 Å². The van der Waals surface area contributed by atoms with Gasteiger partial charge in [0.05, 0.1) is 0 Å². The maximum atomic E-state index is 6.75. The standard InChI is InChI=1S/C28H38N2/c1-5-18(2)17-30-20(4)10-12-24-19(3)14-23-15-22-11-13-25(21-8-6-7-9-21)26(22)16-27(23)28(24)29/h13,15-16,18,21,30H,3-12,14,17,29H2,1-2H3. The van der Waals surface area contributed by atoms with E-state index >= 15 is 0 Å². The highest BCUT2D eigenvalue weighted by molar-refractivity contribution is 5.82. The van der Waals surface area contributed by atoms with Crippen molar-refractivity contribution < 1.29 is 0 Å². The summed E-state index contributed by atoms with van der Waals surface area (Å²) in [4.78, 5) is 0. The minimum Gasteiger partial charge on any atom is -0.398 e. The van der Waals surface area contributed by atoms with Crippen molar-refractivity contribution in [3.63, 3.8) is 0 Å². The second-order valence-electron chi connectivity index (χ2n) is 9.68. The van der Waals surface area contributed by atoms with Crippen LogP contribution in [0, 0.1) is 11.8 Å². The fourth-order valence-corrected chi connectivity index (χ4v) is 5.31. The van der Waals surface area contributed by atoms with Gasteiger partial charge in [-0.15, -0.1) is 0 Å². The van der Waals surface area contributed by atoms with Gasteiger partial charge in [0, 0.05) is 23.5 Å². The molecule has 0 aliphatic heterocycles. The third-order valence-corrected chi connectivity index (χ3v) is 7.50. The van der Waals surface area contributed by atoms with E-state index in [9.17, 15) is 0 Å². The molecule has 0 radical (unpaired) electrons. The first-order valence-corrected chi connectivity index (χ1v) is 11.9. The first-order chi connectivity index (χ1) is 14.5. The van der Waals surface area contributed by atoms with Crippen molar-refractivity contribution in [1.29, 1.82) is 0 Å². The van der Waals surface area contributed by atoms with Crippen LogP contribution >= 0.6 is 0 Å². The van der Waals surface area contributed by atoms with Gasteiger partial charge in [-0.25, -0.2) is 0 Å². The number of fused-ring (bicyclic) bond motifs is 2. The van der Waals surface area contributed by atoms with E-state index in [4.69, 9.17) is 5.73 Å². The van der Waals surface area contributed by atoms with Crippen molar-refractivity contribution in [3.8, 4) is 0 Å². The van der Waals surface area contributed by atoms with E-state index in [-0.39, 0.29) is 0 Å². The molecule has 3 aliphatic rings. The number of hydrogen-bond donors (Lipinski definition) is 2. The molecule has 1 atom stereocenters. The number of benzene rings is 1. The molecule has 3 aliphatic carbocycles. The van der Waals surface area contributed by atoms with Crippen LogP contribution in [0.5, 0.6) is 0 Å². The molecule has 2 nitrogen and oxygen atoms in total. The fourth-order valence-electron chi connectivity index (χ4n) is 5.31. The molecule has 0 bridgehead atoms. The summed E-state index contributed by atoms with van der Waals surface area (Å²) in [6, 6.07) is 4.81. The molecule has 0 heterocycles. The predicted molar refractivity (Wildman–Crippen MR) is 130 cm³/mol.